The minimum absolute atomic E-state index is 0.0107. The third-order valence-electron chi connectivity index (χ3n) is 7.42. The molecular weight excluding hydrogens is 773 g/mol. The van der Waals surface area contributed by atoms with Crippen molar-refractivity contribution in [3.8, 4) is 0 Å². The molecule has 0 aromatic heterocycles. The van der Waals surface area contributed by atoms with Crippen LogP contribution in [0.2, 0.25) is 0 Å². The highest BCUT2D eigenvalue weighted by Crippen LogP contribution is 2.64. The van der Waals surface area contributed by atoms with Gasteiger partial charge in [-0.3, -0.25) is 4.79 Å². The Morgan fingerprint density at radius 2 is 1.16 bits per heavy atom. The number of amides is 1. The minimum atomic E-state index is -8.72. The number of alkyl halides is 17. The van der Waals surface area contributed by atoms with Gasteiger partial charge in [-0.05, 0) is 30.7 Å². The Hall–Kier alpha value is -2.98. The molecule has 23 heteroatoms. The third-order valence-corrected chi connectivity index (χ3v) is 10.4. The second-order valence-corrected chi connectivity index (χ2v) is 14.2. The molecule has 0 radical (unpaired) electrons. The highest BCUT2D eigenvalue weighted by molar-refractivity contribution is 8.00. The zero-order valence-electron chi connectivity index (χ0n) is 24.4. The highest BCUT2D eigenvalue weighted by atomic mass is 32.2. The molecule has 2 aromatic rings. The van der Waals surface area contributed by atoms with Crippen LogP contribution in [0.15, 0.2) is 53.4 Å². The Bertz CT molecular complexity index is 1680. The summed E-state index contributed by atoms with van der Waals surface area (Å²) in [5.74, 6) is -60.4. The predicted octanol–water partition coefficient (Wildman–Crippen LogP) is 8.99. The van der Waals surface area contributed by atoms with Crippen LogP contribution in [0, 0.1) is 6.92 Å². The second-order valence-electron chi connectivity index (χ2n) is 10.8. The predicted molar refractivity (Wildman–Crippen MR) is 143 cm³/mol. The number of anilines is 1. The molecule has 1 aliphatic rings. The van der Waals surface area contributed by atoms with Crippen molar-refractivity contribution in [3.05, 3.63) is 59.7 Å². The molecule has 1 heterocycles. The molecule has 3 rings (SSSR count). The summed E-state index contributed by atoms with van der Waals surface area (Å²) in [6.07, 6.45) is -10.5. The molecule has 1 atom stereocenters. The van der Waals surface area contributed by atoms with Crippen LogP contribution in [0.3, 0.4) is 0 Å². The van der Waals surface area contributed by atoms with Crippen molar-refractivity contribution in [1.29, 1.82) is 0 Å². The lowest BCUT2D eigenvalue weighted by Gasteiger charge is -2.42. The molecule has 0 spiro atoms. The summed E-state index contributed by atoms with van der Waals surface area (Å²) in [4.78, 5) is 13.9. The van der Waals surface area contributed by atoms with Crippen molar-refractivity contribution in [1.82, 2.24) is 0 Å². The van der Waals surface area contributed by atoms with Crippen LogP contribution >= 0.6 is 11.8 Å². The minimum Gasteiger partial charge on any atom is -0.310 e. The lowest BCUT2D eigenvalue weighted by Crippen LogP contribution is -2.74. The molecule has 1 amide bonds. The number of sulfone groups is 1. The Kier molecular flexibility index (Phi) is 10.7. The van der Waals surface area contributed by atoms with E-state index < -0.39 is 93.1 Å². The summed E-state index contributed by atoms with van der Waals surface area (Å²) in [5, 5.41) is -1.66. The second kappa shape index (κ2) is 12.9. The molecule has 0 aliphatic carbocycles. The maximum Gasteiger partial charge on any atom is 0.460 e. The number of carbonyl (C=O) groups excluding carboxylic acids is 1. The van der Waals surface area contributed by atoms with E-state index in [0.717, 1.165) is 4.90 Å². The van der Waals surface area contributed by atoms with Crippen LogP contribution in [0.25, 0.3) is 0 Å². The number of halogens is 17. The number of carbonyl (C=O) groups is 1. The lowest BCUT2D eigenvalue weighted by atomic mass is 9.88. The first-order valence-electron chi connectivity index (χ1n) is 13.4. The number of nitrogens with zero attached hydrogens (tertiary/aromatic N) is 1. The maximum atomic E-state index is 14.5. The summed E-state index contributed by atoms with van der Waals surface area (Å²) in [7, 11) is -4.03. The van der Waals surface area contributed by atoms with Crippen LogP contribution < -0.4 is 4.90 Å². The Labute approximate surface area is 274 Å². The molecule has 1 aliphatic heterocycles. The molecule has 0 N–H and O–H groups in total. The van der Waals surface area contributed by atoms with Crippen molar-refractivity contribution in [2.24, 2.45) is 0 Å². The van der Waals surface area contributed by atoms with E-state index in [1.165, 1.54) is 55.5 Å². The van der Waals surface area contributed by atoms with E-state index in [4.69, 9.17) is 0 Å². The third kappa shape index (κ3) is 6.48. The summed E-state index contributed by atoms with van der Waals surface area (Å²) in [6.45, 7) is 0.890. The van der Waals surface area contributed by atoms with E-state index in [1.54, 1.807) is 0 Å². The van der Waals surface area contributed by atoms with Crippen LogP contribution in [-0.2, 0) is 14.6 Å². The zero-order valence-corrected chi connectivity index (χ0v) is 26.1. The van der Waals surface area contributed by atoms with Crippen molar-refractivity contribution in [3.63, 3.8) is 0 Å². The molecule has 282 valence electrons. The van der Waals surface area contributed by atoms with Gasteiger partial charge in [0, 0.05) is 24.4 Å². The van der Waals surface area contributed by atoms with Gasteiger partial charge in [0.2, 0.25) is 5.91 Å². The van der Waals surface area contributed by atoms with E-state index in [2.05, 4.69) is 0 Å². The number of rotatable bonds is 14. The lowest BCUT2D eigenvalue weighted by molar-refractivity contribution is -0.461. The molecule has 2 aromatic carbocycles. The first kappa shape index (κ1) is 41.4. The van der Waals surface area contributed by atoms with Gasteiger partial charge in [-0.2, -0.15) is 74.6 Å². The van der Waals surface area contributed by atoms with Gasteiger partial charge in [-0.1, -0.05) is 35.9 Å². The van der Waals surface area contributed by atoms with Gasteiger partial charge in [0.25, 0.3) is 0 Å². The van der Waals surface area contributed by atoms with Crippen LogP contribution in [-0.4, -0.2) is 80.0 Å². The van der Waals surface area contributed by atoms with Gasteiger partial charge >= 0.3 is 47.6 Å². The summed E-state index contributed by atoms with van der Waals surface area (Å²) >= 11 is -0.0247. The van der Waals surface area contributed by atoms with Crippen LogP contribution in [0.1, 0.15) is 22.8 Å². The smallest absolute Gasteiger partial charge is 0.310 e. The Morgan fingerprint density at radius 1 is 0.680 bits per heavy atom. The van der Waals surface area contributed by atoms with Gasteiger partial charge in [0.05, 0.1) is 10.6 Å². The first-order valence-corrected chi connectivity index (χ1v) is 16.1. The molecule has 1 unspecified atom stereocenters. The summed E-state index contributed by atoms with van der Waals surface area (Å²) in [5.41, 5.74) is 0.341. The Balaban J connectivity index is 1.85. The fourth-order valence-corrected chi connectivity index (χ4v) is 7.01. The molecule has 0 fully saturated rings. The van der Waals surface area contributed by atoms with E-state index in [1.807, 2.05) is 0 Å². The highest BCUT2D eigenvalue weighted by Gasteiger charge is 2.95. The number of hydrogen-bond donors (Lipinski definition) is 0. The van der Waals surface area contributed by atoms with Crippen LogP contribution in [0.5, 0.6) is 0 Å². The van der Waals surface area contributed by atoms with Gasteiger partial charge in [-0.25, -0.2) is 8.42 Å². The molecule has 0 saturated heterocycles. The summed E-state index contributed by atoms with van der Waals surface area (Å²) in [6, 6.07) is 10.7. The SMILES string of the molecule is Cc1ccc2c(c1)C(SCCC(F)(F)C(F)(F)C(F)(F)C(F)(F)C(F)(F)C(F)(F)C(F)(F)C(F)(F)F)C(=O)N2CCS(=O)(=O)c1ccccc1. The van der Waals surface area contributed by atoms with Crippen molar-refractivity contribution >= 4 is 33.2 Å². The quantitative estimate of drug-likeness (QED) is 0.179. The molecule has 50 heavy (non-hydrogen) atoms. The fourth-order valence-electron chi connectivity index (χ4n) is 4.53. The van der Waals surface area contributed by atoms with Crippen molar-refractivity contribution in [2.45, 2.75) is 71.1 Å². The van der Waals surface area contributed by atoms with Crippen molar-refractivity contribution in [2.75, 3.05) is 23.0 Å². The van der Waals surface area contributed by atoms with E-state index >= 15 is 0 Å². The summed E-state index contributed by atoms with van der Waals surface area (Å²) < 4.78 is 256. The largest absolute Gasteiger partial charge is 0.460 e. The Morgan fingerprint density at radius 3 is 1.66 bits per heavy atom. The molecule has 4 nitrogen and oxygen atoms in total. The van der Waals surface area contributed by atoms with Gasteiger partial charge in [0.1, 0.15) is 5.25 Å². The van der Waals surface area contributed by atoms with Gasteiger partial charge in [0.15, 0.2) is 9.84 Å². The number of hydrogen-bond acceptors (Lipinski definition) is 4. The first-order chi connectivity index (χ1) is 22.3. The maximum absolute atomic E-state index is 14.5. The van der Waals surface area contributed by atoms with E-state index in [-0.39, 0.29) is 27.9 Å². The van der Waals surface area contributed by atoms with Crippen LogP contribution in [0.4, 0.5) is 80.3 Å². The number of fused-ring (bicyclic) bond motifs is 1. The molecule has 0 saturated carbocycles. The fraction of sp³-hybridized carbons (Fsp3) is 0.519. The standard InChI is InChI=1S/C27H20F17NO3S2/c1-14-7-8-17-16(13-14)18(19(46)45(17)10-12-50(47,48)15-5-3-2-4-6-15)49-11-9-20(28,29)21(30,31)22(32,33)23(34,35)24(36,37)25(38,39)26(40,41)27(42,43)44/h2-8,13,18H,9-12H2,1H3. The zero-order chi connectivity index (χ0) is 38.7. The number of aryl methyl sites for hydroxylation is 1. The van der Waals surface area contributed by atoms with Gasteiger partial charge < -0.3 is 4.90 Å². The average Bonchev–Trinajstić information content (AvgIpc) is 3.24. The van der Waals surface area contributed by atoms with E-state index in [0.29, 0.717) is 5.56 Å². The van der Waals surface area contributed by atoms with Crippen molar-refractivity contribution < 1.29 is 87.8 Å². The number of benzene rings is 2. The monoisotopic (exact) mass is 793 g/mol. The number of thioether (sulfide) groups is 1. The average molecular weight is 794 g/mol. The van der Waals surface area contributed by atoms with Gasteiger partial charge in [-0.15, -0.1) is 11.8 Å². The van der Waals surface area contributed by atoms with E-state index in [9.17, 15) is 87.8 Å². The normalized spacial score (nSPS) is 17.4. The topological polar surface area (TPSA) is 54.5 Å². The molecule has 0 bridgehead atoms. The molecular formula is C27H20F17NO3S2.